The number of thioether (sulfide) groups is 1. The first-order valence-corrected chi connectivity index (χ1v) is 9.39. The van der Waals surface area contributed by atoms with E-state index in [0.717, 1.165) is 16.2 Å². The second kappa shape index (κ2) is 6.36. The van der Waals surface area contributed by atoms with E-state index in [9.17, 15) is 9.59 Å². The van der Waals surface area contributed by atoms with Gasteiger partial charge in [0.05, 0.1) is 20.3 Å². The highest BCUT2D eigenvalue weighted by atomic mass is 32.2. The molecule has 4 rings (SSSR count). The Labute approximate surface area is 156 Å². The highest BCUT2D eigenvalue weighted by Gasteiger charge is 2.69. The predicted octanol–water partition coefficient (Wildman–Crippen LogP) is 2.80. The molecule has 5 nitrogen and oxygen atoms in total. The molecule has 0 aromatic heterocycles. The lowest BCUT2D eigenvalue weighted by molar-refractivity contribution is -0.177. The number of amides is 1. The molecule has 2 aromatic rings. The van der Waals surface area contributed by atoms with Crippen LogP contribution in [0.5, 0.6) is 5.75 Å². The van der Waals surface area contributed by atoms with Gasteiger partial charge in [-0.15, -0.1) is 11.8 Å². The molecule has 1 fully saturated rings. The SMILES string of the molecule is COC(=O)[C@]1(c2ccccc2OC)C(=O)N2CCSc3ccccc3[C@@H]21. The van der Waals surface area contributed by atoms with Crippen LogP contribution in [0.1, 0.15) is 17.2 Å². The third-order valence-corrected chi connectivity index (χ3v) is 6.23. The fourth-order valence-corrected chi connectivity index (χ4v) is 5.08. The molecule has 6 heteroatoms. The van der Waals surface area contributed by atoms with Gasteiger partial charge in [-0.1, -0.05) is 36.4 Å². The van der Waals surface area contributed by atoms with Gasteiger partial charge in [0.25, 0.3) is 0 Å². The lowest BCUT2D eigenvalue weighted by Crippen LogP contribution is -2.70. The number of carbonyl (C=O) groups is 2. The summed E-state index contributed by atoms with van der Waals surface area (Å²) >= 11 is 1.71. The number of benzene rings is 2. The van der Waals surface area contributed by atoms with E-state index in [-0.39, 0.29) is 5.91 Å². The highest BCUT2D eigenvalue weighted by molar-refractivity contribution is 7.99. The van der Waals surface area contributed by atoms with Crippen LogP contribution in [0.4, 0.5) is 0 Å². The summed E-state index contributed by atoms with van der Waals surface area (Å²) in [5.74, 6) is 0.536. The molecule has 2 aliphatic rings. The fourth-order valence-electron chi connectivity index (χ4n) is 4.05. The molecule has 2 atom stereocenters. The van der Waals surface area contributed by atoms with Crippen molar-refractivity contribution >= 4 is 23.6 Å². The first kappa shape index (κ1) is 17.0. The normalized spacial score (nSPS) is 24.0. The predicted molar refractivity (Wildman–Crippen MR) is 98.3 cm³/mol. The molecule has 134 valence electrons. The first-order chi connectivity index (χ1) is 12.7. The lowest BCUT2D eigenvalue weighted by atomic mass is 9.63. The van der Waals surface area contributed by atoms with E-state index in [0.29, 0.717) is 17.9 Å². The number of nitrogens with zero attached hydrogens (tertiary/aromatic N) is 1. The topological polar surface area (TPSA) is 55.8 Å². The van der Waals surface area contributed by atoms with E-state index < -0.39 is 17.4 Å². The van der Waals surface area contributed by atoms with E-state index in [1.807, 2.05) is 36.4 Å². The van der Waals surface area contributed by atoms with E-state index >= 15 is 0 Å². The zero-order valence-corrected chi connectivity index (χ0v) is 15.4. The highest BCUT2D eigenvalue weighted by Crippen LogP contribution is 2.57. The van der Waals surface area contributed by atoms with Crippen LogP contribution in [-0.4, -0.2) is 43.3 Å². The van der Waals surface area contributed by atoms with Crippen molar-refractivity contribution in [3.8, 4) is 5.75 Å². The lowest BCUT2D eigenvalue weighted by Gasteiger charge is -2.54. The summed E-state index contributed by atoms with van der Waals surface area (Å²) in [6.07, 6.45) is 0. The van der Waals surface area contributed by atoms with E-state index in [1.54, 1.807) is 35.9 Å². The minimum absolute atomic E-state index is 0.226. The van der Waals surface area contributed by atoms with Crippen LogP contribution in [0.25, 0.3) is 0 Å². The van der Waals surface area contributed by atoms with Crippen molar-refractivity contribution in [1.82, 2.24) is 4.90 Å². The van der Waals surface area contributed by atoms with Gasteiger partial charge in [-0.2, -0.15) is 0 Å². The monoisotopic (exact) mass is 369 g/mol. The van der Waals surface area contributed by atoms with Crippen LogP contribution in [0, 0.1) is 0 Å². The average molecular weight is 369 g/mol. The minimum atomic E-state index is -1.41. The van der Waals surface area contributed by atoms with Crippen LogP contribution in [-0.2, 0) is 19.7 Å². The Bertz CT molecular complexity index is 884. The molecule has 2 aliphatic heterocycles. The summed E-state index contributed by atoms with van der Waals surface area (Å²) in [5, 5.41) is 0. The van der Waals surface area contributed by atoms with Crippen molar-refractivity contribution in [1.29, 1.82) is 0 Å². The summed E-state index contributed by atoms with van der Waals surface area (Å²) in [6, 6.07) is 14.7. The number of methoxy groups -OCH3 is 2. The van der Waals surface area contributed by atoms with Crippen LogP contribution in [0.15, 0.2) is 53.4 Å². The maximum Gasteiger partial charge on any atom is 0.328 e. The first-order valence-electron chi connectivity index (χ1n) is 8.41. The second-order valence-electron chi connectivity index (χ2n) is 6.29. The van der Waals surface area contributed by atoms with Gasteiger partial charge in [-0.25, -0.2) is 0 Å². The second-order valence-corrected chi connectivity index (χ2v) is 7.42. The quantitative estimate of drug-likeness (QED) is 0.473. The average Bonchev–Trinajstić information content (AvgIpc) is 2.86. The molecule has 26 heavy (non-hydrogen) atoms. The molecule has 0 unspecified atom stereocenters. The van der Waals surface area contributed by atoms with Crippen LogP contribution >= 0.6 is 11.8 Å². The Kier molecular flexibility index (Phi) is 4.15. The number of esters is 1. The molecule has 2 aromatic carbocycles. The summed E-state index contributed by atoms with van der Waals surface area (Å²) in [7, 11) is 2.87. The standard InChI is InChI=1S/C20H19NO4S/c1-24-15-9-5-4-8-14(15)20(19(23)25-2)17-13-7-3-6-10-16(13)26-12-11-21(17)18(20)22/h3-10,17H,11-12H2,1-2H3/t17-,20+/m1/s1. The molecular weight excluding hydrogens is 350 g/mol. The summed E-state index contributed by atoms with van der Waals surface area (Å²) in [6.45, 7) is 0.594. The Balaban J connectivity index is 1.99. The van der Waals surface area contributed by atoms with Crippen LogP contribution < -0.4 is 4.74 Å². The Morgan fingerprint density at radius 1 is 1.15 bits per heavy atom. The molecule has 0 aliphatic carbocycles. The largest absolute Gasteiger partial charge is 0.496 e. The zero-order chi connectivity index (χ0) is 18.3. The molecule has 2 heterocycles. The summed E-state index contributed by atoms with van der Waals surface area (Å²) in [4.78, 5) is 29.2. The van der Waals surface area contributed by atoms with Crippen molar-refractivity contribution in [2.24, 2.45) is 0 Å². The smallest absolute Gasteiger partial charge is 0.328 e. The molecular formula is C20H19NO4S. The van der Waals surface area contributed by atoms with Gasteiger partial charge >= 0.3 is 5.97 Å². The van der Waals surface area contributed by atoms with Crippen molar-refractivity contribution in [3.05, 3.63) is 59.7 Å². The van der Waals surface area contributed by atoms with E-state index in [2.05, 4.69) is 0 Å². The van der Waals surface area contributed by atoms with Crippen LogP contribution in [0.3, 0.4) is 0 Å². The molecule has 0 radical (unpaired) electrons. The van der Waals surface area contributed by atoms with Gasteiger partial charge in [0.2, 0.25) is 5.91 Å². The number of hydrogen-bond donors (Lipinski definition) is 0. The number of fused-ring (bicyclic) bond motifs is 3. The molecule has 0 N–H and O–H groups in total. The minimum Gasteiger partial charge on any atom is -0.496 e. The maximum absolute atomic E-state index is 13.3. The Hall–Kier alpha value is -2.47. The number of carbonyl (C=O) groups excluding carboxylic acids is 2. The molecule has 0 saturated carbocycles. The van der Waals surface area contributed by atoms with Crippen molar-refractivity contribution < 1.29 is 19.1 Å². The van der Waals surface area contributed by atoms with Gasteiger partial charge in [-0.3, -0.25) is 9.59 Å². The fraction of sp³-hybridized carbons (Fsp3) is 0.300. The molecule has 0 spiro atoms. The molecule has 0 bridgehead atoms. The van der Waals surface area contributed by atoms with Gasteiger partial charge < -0.3 is 14.4 Å². The molecule has 1 amide bonds. The third kappa shape index (κ3) is 2.11. The van der Waals surface area contributed by atoms with Crippen LogP contribution in [0.2, 0.25) is 0 Å². The van der Waals surface area contributed by atoms with E-state index in [1.165, 1.54) is 7.11 Å². The number of ether oxygens (including phenoxy) is 2. The van der Waals surface area contributed by atoms with Gasteiger partial charge in [0, 0.05) is 22.8 Å². The van der Waals surface area contributed by atoms with Crippen molar-refractivity contribution in [2.75, 3.05) is 26.5 Å². The number of hydrogen-bond acceptors (Lipinski definition) is 5. The Morgan fingerprint density at radius 3 is 2.65 bits per heavy atom. The maximum atomic E-state index is 13.3. The number of para-hydroxylation sites is 1. The van der Waals surface area contributed by atoms with Crippen molar-refractivity contribution in [2.45, 2.75) is 16.4 Å². The summed E-state index contributed by atoms with van der Waals surface area (Å²) in [5.41, 5.74) is 0.121. The number of β-lactam (4-membered cyclic amide) rings is 1. The molecule has 1 saturated heterocycles. The van der Waals surface area contributed by atoms with Gasteiger partial charge in [-0.05, 0) is 17.7 Å². The van der Waals surface area contributed by atoms with E-state index in [4.69, 9.17) is 9.47 Å². The Morgan fingerprint density at radius 2 is 1.88 bits per heavy atom. The zero-order valence-electron chi connectivity index (χ0n) is 14.6. The van der Waals surface area contributed by atoms with Crippen molar-refractivity contribution in [3.63, 3.8) is 0 Å². The van der Waals surface area contributed by atoms with Gasteiger partial charge in [0.15, 0.2) is 5.41 Å². The number of rotatable bonds is 3. The summed E-state index contributed by atoms with van der Waals surface area (Å²) < 4.78 is 10.6. The van der Waals surface area contributed by atoms with Gasteiger partial charge in [0.1, 0.15) is 5.75 Å². The third-order valence-electron chi connectivity index (χ3n) is 5.16.